The van der Waals surface area contributed by atoms with Crippen molar-refractivity contribution >= 4 is 57.8 Å². The molecule has 0 unspecified atom stereocenters. The number of halogens is 6. The van der Waals surface area contributed by atoms with Crippen molar-refractivity contribution in [2.75, 3.05) is 23.7 Å². The number of anilines is 2. The van der Waals surface area contributed by atoms with Crippen LogP contribution in [-0.2, 0) is 6.42 Å². The molecule has 0 spiro atoms. The second-order valence-corrected chi connectivity index (χ2v) is 13.4. The Balaban J connectivity index is 0.000000201. The summed E-state index contributed by atoms with van der Waals surface area (Å²) >= 11 is 1.42. The van der Waals surface area contributed by atoms with E-state index in [9.17, 15) is 45.5 Å². The average Bonchev–Trinajstić information content (AvgIpc) is 3.96. The summed E-state index contributed by atoms with van der Waals surface area (Å²) in [4.78, 5) is 59.5. The summed E-state index contributed by atoms with van der Waals surface area (Å²) in [5, 5.41) is 19.8. The van der Waals surface area contributed by atoms with E-state index in [2.05, 4.69) is 25.6 Å². The van der Waals surface area contributed by atoms with Gasteiger partial charge in [0.05, 0.1) is 35.8 Å². The third-order valence-corrected chi connectivity index (χ3v) is 8.90. The Labute approximate surface area is 332 Å². The van der Waals surface area contributed by atoms with Crippen LogP contribution >= 0.6 is 11.3 Å². The largest absolute Gasteiger partial charge is 0.478 e. The number of ketones is 1. The first-order valence-corrected chi connectivity index (χ1v) is 17.9. The fourth-order valence-corrected chi connectivity index (χ4v) is 6.11. The van der Waals surface area contributed by atoms with Gasteiger partial charge in [-0.2, -0.15) is 26.3 Å². The van der Waals surface area contributed by atoms with E-state index in [4.69, 9.17) is 5.11 Å². The molecule has 7 rings (SSSR count). The summed E-state index contributed by atoms with van der Waals surface area (Å²) < 4.78 is 76.6. The van der Waals surface area contributed by atoms with Gasteiger partial charge in [-0.3, -0.25) is 13.6 Å². The van der Waals surface area contributed by atoms with Crippen LogP contribution in [0.2, 0.25) is 0 Å². The number of Topliss-reactive ketones (excluding diaryl/α,β-unsaturated/α-hetero) is 1. The molecule has 21 heteroatoms. The summed E-state index contributed by atoms with van der Waals surface area (Å²) in [6, 6.07) is 17.4. The highest BCUT2D eigenvalue weighted by molar-refractivity contribution is 7.09. The quantitative estimate of drug-likeness (QED) is 0.0679. The van der Waals surface area contributed by atoms with Crippen LogP contribution in [0.3, 0.4) is 0 Å². The van der Waals surface area contributed by atoms with Crippen molar-refractivity contribution in [2.45, 2.75) is 18.8 Å². The fraction of sp³-hybridized carbons (Fsp3) is 0.132. The molecular formula is C38H29F6N9O5S. The maximum Gasteiger partial charge on any atom is 0.405 e. The summed E-state index contributed by atoms with van der Waals surface area (Å²) in [5.41, 5.74) is 4.86. The number of nitrogens with zero attached hydrogens (tertiary/aromatic N) is 5. The first-order valence-electron chi connectivity index (χ1n) is 17.0. The molecule has 0 saturated heterocycles. The van der Waals surface area contributed by atoms with Gasteiger partial charge >= 0.3 is 30.4 Å². The molecule has 5 N–H and O–H groups in total. The van der Waals surface area contributed by atoms with Crippen molar-refractivity contribution in [3.05, 3.63) is 125 Å². The number of rotatable bonds is 10. The van der Waals surface area contributed by atoms with Crippen molar-refractivity contribution in [1.82, 2.24) is 34.4 Å². The Morgan fingerprint density at radius 3 is 1.61 bits per heavy atom. The van der Waals surface area contributed by atoms with Crippen LogP contribution in [0.4, 0.5) is 47.3 Å². The molecule has 59 heavy (non-hydrogen) atoms. The number of carboxylic acids is 1. The normalized spacial score (nSPS) is 11.4. The number of carbonyl (C=O) groups is 4. The number of pyridine rings is 2. The van der Waals surface area contributed by atoms with Crippen LogP contribution in [0.5, 0.6) is 0 Å². The predicted molar refractivity (Wildman–Crippen MR) is 205 cm³/mol. The summed E-state index contributed by atoms with van der Waals surface area (Å²) in [7, 11) is 0. The van der Waals surface area contributed by atoms with E-state index in [0.717, 1.165) is 5.01 Å². The number of imidazole rings is 2. The molecule has 0 bridgehead atoms. The van der Waals surface area contributed by atoms with Gasteiger partial charge in [-0.25, -0.2) is 29.3 Å². The smallest absolute Gasteiger partial charge is 0.405 e. The molecule has 0 aliphatic heterocycles. The van der Waals surface area contributed by atoms with Gasteiger partial charge in [-0.15, -0.1) is 11.3 Å². The minimum Gasteiger partial charge on any atom is -0.478 e. The van der Waals surface area contributed by atoms with E-state index < -0.39 is 43.5 Å². The van der Waals surface area contributed by atoms with Gasteiger partial charge in [0.2, 0.25) is 0 Å². The second-order valence-electron chi connectivity index (χ2n) is 12.4. The van der Waals surface area contributed by atoms with Crippen molar-refractivity contribution in [3.63, 3.8) is 0 Å². The Morgan fingerprint density at radius 2 is 1.15 bits per heavy atom. The number of thiazole rings is 1. The molecule has 0 aliphatic rings. The molecule has 0 radical (unpaired) electrons. The van der Waals surface area contributed by atoms with Gasteiger partial charge < -0.3 is 26.4 Å². The van der Waals surface area contributed by atoms with Crippen LogP contribution in [0.1, 0.15) is 25.7 Å². The lowest BCUT2D eigenvalue weighted by atomic mass is 10.1. The van der Waals surface area contributed by atoms with Gasteiger partial charge in [0, 0.05) is 52.0 Å². The minimum atomic E-state index is -4.50. The summed E-state index contributed by atoms with van der Waals surface area (Å²) in [6.07, 6.45) is -0.691. The third kappa shape index (κ3) is 11.2. The van der Waals surface area contributed by atoms with Crippen LogP contribution in [0.25, 0.3) is 33.8 Å². The van der Waals surface area contributed by atoms with Gasteiger partial charge in [0.25, 0.3) is 0 Å². The van der Waals surface area contributed by atoms with Crippen LogP contribution in [0.15, 0.2) is 109 Å². The minimum absolute atomic E-state index is 0.0666. The molecule has 2 aromatic carbocycles. The zero-order valence-corrected chi connectivity index (χ0v) is 30.8. The number of carbonyl (C=O) groups excluding carboxylic acids is 3. The highest BCUT2D eigenvalue weighted by Crippen LogP contribution is 2.26. The molecule has 0 saturated carbocycles. The first kappa shape index (κ1) is 41.3. The lowest BCUT2D eigenvalue weighted by Gasteiger charge is -2.11. The zero-order valence-electron chi connectivity index (χ0n) is 30.0. The number of alkyl halides is 6. The maximum absolute atomic E-state index is 12.5. The zero-order chi connectivity index (χ0) is 42.3. The number of aromatic nitrogens is 5. The average molecular weight is 838 g/mol. The van der Waals surface area contributed by atoms with Crippen molar-refractivity contribution in [2.24, 2.45) is 0 Å². The SMILES string of the molecule is O=C(NCC(F)(F)F)Nc1cccc(-c2cnc3cc(C(=O)Cc4nccs4)ccn23)c1.O=C(NCC(F)(F)F)Nc1cccc(-c2cnc3cc(C(=O)O)ccn23)c1. The molecule has 5 aromatic heterocycles. The second kappa shape index (κ2) is 17.5. The van der Waals surface area contributed by atoms with Gasteiger partial charge in [0.1, 0.15) is 29.4 Å². The van der Waals surface area contributed by atoms with Crippen LogP contribution < -0.4 is 21.3 Å². The molecular weight excluding hydrogens is 809 g/mol. The number of hydrogen-bond acceptors (Lipinski definition) is 8. The highest BCUT2D eigenvalue weighted by atomic mass is 32.1. The first-order chi connectivity index (χ1) is 28.0. The lowest BCUT2D eigenvalue weighted by molar-refractivity contribution is -0.123. The highest BCUT2D eigenvalue weighted by Gasteiger charge is 2.28. The Hall–Kier alpha value is -7.29. The van der Waals surface area contributed by atoms with E-state index in [0.29, 0.717) is 50.7 Å². The Kier molecular flexibility index (Phi) is 12.2. The monoisotopic (exact) mass is 837 g/mol. The Morgan fingerprint density at radius 1 is 0.661 bits per heavy atom. The van der Waals surface area contributed by atoms with Gasteiger partial charge in [0.15, 0.2) is 5.78 Å². The molecule has 304 valence electrons. The van der Waals surface area contributed by atoms with Gasteiger partial charge in [-0.05, 0) is 48.5 Å². The van der Waals surface area contributed by atoms with E-state index in [1.165, 1.54) is 35.7 Å². The number of nitrogens with one attached hydrogen (secondary N) is 4. The maximum atomic E-state index is 12.5. The predicted octanol–water partition coefficient (Wildman–Crippen LogP) is 7.95. The van der Waals surface area contributed by atoms with E-state index in [1.54, 1.807) is 98.8 Å². The molecule has 5 heterocycles. The summed E-state index contributed by atoms with van der Waals surface area (Å²) in [5.74, 6) is -1.14. The van der Waals surface area contributed by atoms with E-state index in [1.807, 2.05) is 5.38 Å². The van der Waals surface area contributed by atoms with Crippen molar-refractivity contribution < 1.29 is 50.6 Å². The molecule has 7 aromatic rings. The van der Waals surface area contributed by atoms with Crippen LogP contribution in [-0.4, -0.2) is 78.1 Å². The third-order valence-electron chi connectivity index (χ3n) is 8.12. The lowest BCUT2D eigenvalue weighted by Crippen LogP contribution is -2.36. The summed E-state index contributed by atoms with van der Waals surface area (Å²) in [6.45, 7) is -2.85. The number of hydrogen-bond donors (Lipinski definition) is 5. The Bertz CT molecular complexity index is 2640. The number of carboxylic acid groups (broad SMARTS) is 1. The number of amides is 4. The van der Waals surface area contributed by atoms with Gasteiger partial charge in [-0.1, -0.05) is 24.3 Å². The fourth-order valence-electron chi connectivity index (χ4n) is 5.50. The topological polar surface area (TPSA) is 184 Å². The van der Waals surface area contributed by atoms with Crippen LogP contribution in [0, 0.1) is 0 Å². The van der Waals surface area contributed by atoms with E-state index in [-0.39, 0.29) is 17.8 Å². The molecule has 0 fully saturated rings. The molecule has 0 aliphatic carbocycles. The number of fused-ring (bicyclic) bond motifs is 2. The number of urea groups is 2. The number of benzene rings is 2. The van der Waals surface area contributed by atoms with Crippen molar-refractivity contribution in [1.29, 1.82) is 0 Å². The molecule has 4 amide bonds. The molecule has 0 atom stereocenters. The molecule has 14 nitrogen and oxygen atoms in total. The number of aromatic carboxylic acids is 1. The standard InChI is InChI=1S/C21H16F3N5O2S.C17H13F3N4O3/c22-21(23,24)12-27-20(31)28-15-3-1-2-13(8-15)16-11-26-18-9-14(4-6-29(16)18)17(30)10-19-25-5-7-32-19;18-17(19,20)9-22-16(27)23-12-3-1-2-10(6-12)13-8-21-14-7-11(15(25)26)4-5-24(13)14/h1-9,11H,10,12H2,(H2,27,28,31);1-8H,9H2,(H,25,26)(H2,22,23,27). The van der Waals surface area contributed by atoms with E-state index >= 15 is 0 Å². The van der Waals surface area contributed by atoms with Crippen molar-refractivity contribution in [3.8, 4) is 22.5 Å².